The minimum Gasteiger partial charge on any atom is -0.390 e. The minimum atomic E-state index is -1.06. The van der Waals surface area contributed by atoms with Gasteiger partial charge < -0.3 is 15.7 Å². The van der Waals surface area contributed by atoms with Crippen LogP contribution >= 0.6 is 0 Å². The van der Waals surface area contributed by atoms with Crippen LogP contribution in [0.25, 0.3) is 0 Å². The maximum atomic E-state index is 14.0. The Balaban J connectivity index is 1.80. The van der Waals surface area contributed by atoms with E-state index < -0.39 is 29.7 Å². The number of hydrogen-bond donors (Lipinski definition) is 3. The fourth-order valence-corrected chi connectivity index (χ4v) is 5.38. The van der Waals surface area contributed by atoms with Gasteiger partial charge in [-0.3, -0.25) is 9.59 Å². The zero-order chi connectivity index (χ0) is 30.6. The van der Waals surface area contributed by atoms with Gasteiger partial charge in [-0.05, 0) is 85.2 Å². The fourth-order valence-electron chi connectivity index (χ4n) is 5.38. The first kappa shape index (κ1) is 33.1. The first-order valence-corrected chi connectivity index (χ1v) is 15.0. The number of carbonyl (C=O) groups is 2. The van der Waals surface area contributed by atoms with Crippen molar-refractivity contribution in [1.82, 2.24) is 10.6 Å². The smallest absolute Gasteiger partial charge is 0.251 e. The third-order valence-electron chi connectivity index (χ3n) is 7.51. The third kappa shape index (κ3) is 9.85. The van der Waals surface area contributed by atoms with Crippen molar-refractivity contribution < 1.29 is 23.5 Å². The van der Waals surface area contributed by atoms with Crippen LogP contribution in [0.5, 0.6) is 0 Å². The molecule has 5 nitrogen and oxygen atoms in total. The zero-order valence-corrected chi connectivity index (χ0v) is 25.2. The van der Waals surface area contributed by atoms with Gasteiger partial charge in [0.15, 0.2) is 5.78 Å². The van der Waals surface area contributed by atoms with E-state index in [0.717, 1.165) is 49.3 Å². The summed E-state index contributed by atoms with van der Waals surface area (Å²) in [5.74, 6) is -1.99. The van der Waals surface area contributed by atoms with Gasteiger partial charge in [-0.15, -0.1) is 0 Å². The molecule has 0 bridgehead atoms. The number of aryl methyl sites for hydroxylation is 2. The zero-order valence-electron chi connectivity index (χ0n) is 25.2. The number of aliphatic hydroxyl groups is 1. The van der Waals surface area contributed by atoms with Crippen LogP contribution in [-0.2, 0) is 19.4 Å². The summed E-state index contributed by atoms with van der Waals surface area (Å²) in [6.45, 7) is 8.69. The van der Waals surface area contributed by atoms with Gasteiger partial charge in [0.05, 0.1) is 12.1 Å². The van der Waals surface area contributed by atoms with Gasteiger partial charge in [0.1, 0.15) is 11.6 Å². The molecule has 7 heteroatoms. The van der Waals surface area contributed by atoms with Crippen molar-refractivity contribution in [2.75, 3.05) is 6.54 Å². The summed E-state index contributed by atoms with van der Waals surface area (Å²) >= 11 is 0. The second-order valence-corrected chi connectivity index (χ2v) is 11.2. The highest BCUT2D eigenvalue weighted by Crippen LogP contribution is 2.22. The summed E-state index contributed by atoms with van der Waals surface area (Å²) in [5.41, 5.74) is 4.16. The maximum absolute atomic E-state index is 14.0. The Hall–Kier alpha value is -3.42. The van der Waals surface area contributed by atoms with Gasteiger partial charge in [-0.2, -0.15) is 0 Å². The molecule has 3 aromatic rings. The summed E-state index contributed by atoms with van der Waals surface area (Å²) in [6, 6.07) is 15.6. The van der Waals surface area contributed by atoms with Gasteiger partial charge >= 0.3 is 0 Å². The topological polar surface area (TPSA) is 78.4 Å². The van der Waals surface area contributed by atoms with Gasteiger partial charge in [-0.1, -0.05) is 57.9 Å². The molecule has 2 atom stereocenters. The Bertz CT molecular complexity index is 1320. The monoisotopic (exact) mass is 578 g/mol. The molecule has 3 N–H and O–H groups in total. The highest BCUT2D eigenvalue weighted by atomic mass is 19.1. The molecule has 0 unspecified atom stereocenters. The highest BCUT2D eigenvalue weighted by molar-refractivity contribution is 6.02. The molecule has 0 aliphatic heterocycles. The number of carbonyl (C=O) groups excluding carboxylic acids is 2. The van der Waals surface area contributed by atoms with Crippen LogP contribution in [-0.4, -0.2) is 35.5 Å². The SMILES string of the molecule is CCCC(CCC)C(=O)c1cc(C)cc(C(=O)N[C@@H](Cc2cc(F)cc(F)c2)[C@@H](O)CNCc2cccc(CC)c2)c1. The average Bonchev–Trinajstić information content (AvgIpc) is 2.95. The molecule has 3 aromatic carbocycles. The van der Waals surface area contributed by atoms with E-state index in [4.69, 9.17) is 0 Å². The van der Waals surface area contributed by atoms with Crippen LogP contribution in [0.15, 0.2) is 60.7 Å². The standard InChI is InChI=1S/C35H44F2N2O3/c1-5-9-27(10-6-2)34(41)28-13-23(4)14-29(19-28)35(42)39-32(18-26-16-30(36)20-31(37)17-26)33(40)22-38-21-25-12-8-11-24(7-3)15-25/h8,11-17,19-20,27,32-33,38,40H,5-7,9-10,18,21-22H2,1-4H3,(H,39,42)/t32-,33-/m0/s1. The van der Waals surface area contributed by atoms with Crippen molar-refractivity contribution in [2.24, 2.45) is 5.92 Å². The summed E-state index contributed by atoms with van der Waals surface area (Å²) < 4.78 is 27.9. The van der Waals surface area contributed by atoms with Crippen molar-refractivity contribution >= 4 is 11.7 Å². The molecule has 3 rings (SSSR count). The number of nitrogens with one attached hydrogen (secondary N) is 2. The molecule has 0 radical (unpaired) electrons. The van der Waals surface area contributed by atoms with E-state index in [-0.39, 0.29) is 24.7 Å². The average molecular weight is 579 g/mol. The van der Waals surface area contributed by atoms with Crippen molar-refractivity contribution in [2.45, 2.75) is 84.9 Å². The molecular formula is C35H44F2N2O3. The highest BCUT2D eigenvalue weighted by Gasteiger charge is 2.25. The van der Waals surface area contributed by atoms with Crippen LogP contribution in [0.1, 0.15) is 89.4 Å². The second kappa shape index (κ2) is 16.3. The third-order valence-corrected chi connectivity index (χ3v) is 7.51. The maximum Gasteiger partial charge on any atom is 0.251 e. The van der Waals surface area contributed by atoms with E-state index in [1.165, 1.54) is 17.7 Å². The van der Waals surface area contributed by atoms with Crippen molar-refractivity contribution in [3.63, 3.8) is 0 Å². The van der Waals surface area contributed by atoms with Crippen LogP contribution in [0.4, 0.5) is 8.78 Å². The molecule has 0 saturated heterocycles. The molecule has 226 valence electrons. The molecule has 0 saturated carbocycles. The number of benzene rings is 3. The molecule has 0 aliphatic rings. The van der Waals surface area contributed by atoms with Gasteiger partial charge in [0.25, 0.3) is 5.91 Å². The van der Waals surface area contributed by atoms with E-state index in [2.05, 4.69) is 43.5 Å². The van der Waals surface area contributed by atoms with Gasteiger partial charge in [-0.25, -0.2) is 8.78 Å². The minimum absolute atomic E-state index is 0.0151. The second-order valence-electron chi connectivity index (χ2n) is 11.2. The van der Waals surface area contributed by atoms with E-state index in [9.17, 15) is 23.5 Å². The van der Waals surface area contributed by atoms with Crippen molar-refractivity contribution in [3.8, 4) is 0 Å². The van der Waals surface area contributed by atoms with Crippen LogP contribution in [0.2, 0.25) is 0 Å². The number of rotatable bonds is 16. The van der Waals surface area contributed by atoms with Gasteiger partial charge in [0, 0.05) is 36.2 Å². The lowest BCUT2D eigenvalue weighted by molar-refractivity contribution is 0.0829. The summed E-state index contributed by atoms with van der Waals surface area (Å²) in [6.07, 6.45) is 3.24. The lowest BCUT2D eigenvalue weighted by atomic mass is 9.88. The fraction of sp³-hybridized carbons (Fsp3) is 0.429. The van der Waals surface area contributed by atoms with Crippen LogP contribution < -0.4 is 10.6 Å². The predicted octanol–water partition coefficient (Wildman–Crippen LogP) is 6.73. The molecule has 1 amide bonds. The number of halogens is 2. The number of ketones is 1. The quantitative estimate of drug-likeness (QED) is 0.165. The summed E-state index contributed by atoms with van der Waals surface area (Å²) in [5, 5.41) is 17.3. The number of hydrogen-bond acceptors (Lipinski definition) is 4. The molecular weight excluding hydrogens is 534 g/mol. The number of Topliss-reactive ketones (excluding diaryl/α,β-unsaturated/α-hetero) is 1. The largest absolute Gasteiger partial charge is 0.390 e. The lowest BCUT2D eigenvalue weighted by Crippen LogP contribution is -2.48. The molecule has 0 fully saturated rings. The Kier molecular flexibility index (Phi) is 12.8. The molecule has 0 aliphatic carbocycles. The number of aliphatic hydroxyl groups excluding tert-OH is 1. The van der Waals surface area contributed by atoms with E-state index in [1.807, 2.05) is 19.1 Å². The van der Waals surface area contributed by atoms with Gasteiger partial charge in [0.2, 0.25) is 0 Å². The van der Waals surface area contributed by atoms with Crippen LogP contribution in [0, 0.1) is 24.5 Å². The van der Waals surface area contributed by atoms with Crippen molar-refractivity contribution in [1.29, 1.82) is 0 Å². The predicted molar refractivity (Wildman–Crippen MR) is 164 cm³/mol. The van der Waals surface area contributed by atoms with E-state index in [1.54, 1.807) is 18.2 Å². The van der Waals surface area contributed by atoms with Crippen molar-refractivity contribution in [3.05, 3.63) is 106 Å². The number of amides is 1. The lowest BCUT2D eigenvalue weighted by Gasteiger charge is -2.25. The summed E-state index contributed by atoms with van der Waals surface area (Å²) in [4.78, 5) is 26.8. The Labute approximate surface area is 248 Å². The molecule has 0 spiro atoms. The molecule has 0 aromatic heterocycles. The van der Waals surface area contributed by atoms with E-state index in [0.29, 0.717) is 23.2 Å². The molecule has 42 heavy (non-hydrogen) atoms. The normalized spacial score (nSPS) is 12.8. The first-order valence-electron chi connectivity index (χ1n) is 15.0. The van der Waals surface area contributed by atoms with E-state index >= 15 is 0 Å². The Morgan fingerprint density at radius 1 is 0.833 bits per heavy atom. The molecule has 0 heterocycles. The Morgan fingerprint density at radius 3 is 2.12 bits per heavy atom. The Morgan fingerprint density at radius 2 is 1.48 bits per heavy atom. The first-order chi connectivity index (χ1) is 20.1. The van der Waals surface area contributed by atoms with Crippen LogP contribution in [0.3, 0.4) is 0 Å². The summed E-state index contributed by atoms with van der Waals surface area (Å²) in [7, 11) is 0.